The number of rotatable bonds is 3. The molecule has 0 bridgehead atoms. The predicted octanol–water partition coefficient (Wildman–Crippen LogP) is 2.22. The van der Waals surface area contributed by atoms with E-state index in [0.717, 1.165) is 21.8 Å². The standard InChI is InChI=1S/C17H21N3O2S/c1-12-10-15(13(2)18-12)17(22)20-7-5-19(6-8-20)16(21)11-14-4-3-9-23-14/h3-4,9-10,18H,5-8,11H2,1-2H3. The fourth-order valence-corrected chi connectivity index (χ4v) is 3.65. The lowest BCUT2D eigenvalue weighted by Gasteiger charge is -2.34. The van der Waals surface area contributed by atoms with Crippen molar-refractivity contribution in [1.29, 1.82) is 0 Å². The van der Waals surface area contributed by atoms with E-state index < -0.39 is 0 Å². The summed E-state index contributed by atoms with van der Waals surface area (Å²) in [6.07, 6.45) is 0.460. The number of piperazine rings is 1. The van der Waals surface area contributed by atoms with Gasteiger partial charge in [-0.05, 0) is 31.4 Å². The van der Waals surface area contributed by atoms with Gasteiger partial charge in [0.2, 0.25) is 5.91 Å². The topological polar surface area (TPSA) is 56.4 Å². The molecular formula is C17H21N3O2S. The van der Waals surface area contributed by atoms with Crippen molar-refractivity contribution in [2.24, 2.45) is 0 Å². The fraction of sp³-hybridized carbons (Fsp3) is 0.412. The lowest BCUT2D eigenvalue weighted by molar-refractivity contribution is -0.131. The van der Waals surface area contributed by atoms with E-state index in [1.165, 1.54) is 0 Å². The van der Waals surface area contributed by atoms with Gasteiger partial charge in [0.05, 0.1) is 12.0 Å². The Bertz CT molecular complexity index is 698. The number of carbonyl (C=O) groups excluding carboxylic acids is 2. The molecule has 0 unspecified atom stereocenters. The van der Waals surface area contributed by atoms with Crippen molar-refractivity contribution >= 4 is 23.2 Å². The average Bonchev–Trinajstić information content (AvgIpc) is 3.16. The van der Waals surface area contributed by atoms with Crippen molar-refractivity contribution in [2.75, 3.05) is 26.2 Å². The number of carbonyl (C=O) groups is 2. The predicted molar refractivity (Wildman–Crippen MR) is 90.8 cm³/mol. The number of thiophene rings is 1. The van der Waals surface area contributed by atoms with Crippen LogP contribution in [0, 0.1) is 13.8 Å². The highest BCUT2D eigenvalue weighted by molar-refractivity contribution is 7.10. The van der Waals surface area contributed by atoms with Crippen LogP contribution in [0.3, 0.4) is 0 Å². The van der Waals surface area contributed by atoms with E-state index in [2.05, 4.69) is 4.98 Å². The molecule has 6 heteroatoms. The highest BCUT2D eigenvalue weighted by atomic mass is 32.1. The molecule has 23 heavy (non-hydrogen) atoms. The van der Waals surface area contributed by atoms with Crippen LogP contribution in [-0.4, -0.2) is 52.8 Å². The Morgan fingerprint density at radius 2 is 1.87 bits per heavy atom. The molecule has 0 aliphatic carbocycles. The molecule has 122 valence electrons. The van der Waals surface area contributed by atoms with Gasteiger partial charge in [-0.1, -0.05) is 6.07 Å². The summed E-state index contributed by atoms with van der Waals surface area (Å²) in [4.78, 5) is 32.8. The number of aromatic amines is 1. The van der Waals surface area contributed by atoms with E-state index >= 15 is 0 Å². The Hall–Kier alpha value is -2.08. The van der Waals surface area contributed by atoms with Crippen LogP contribution in [0.4, 0.5) is 0 Å². The molecule has 1 N–H and O–H groups in total. The zero-order chi connectivity index (χ0) is 16.4. The minimum atomic E-state index is 0.0530. The van der Waals surface area contributed by atoms with E-state index in [9.17, 15) is 9.59 Å². The van der Waals surface area contributed by atoms with Gasteiger partial charge < -0.3 is 14.8 Å². The molecule has 1 aliphatic heterocycles. The van der Waals surface area contributed by atoms with Gasteiger partial charge in [-0.3, -0.25) is 9.59 Å². The van der Waals surface area contributed by atoms with Gasteiger partial charge >= 0.3 is 0 Å². The average molecular weight is 331 g/mol. The Morgan fingerprint density at radius 3 is 2.43 bits per heavy atom. The van der Waals surface area contributed by atoms with Crippen molar-refractivity contribution in [3.63, 3.8) is 0 Å². The van der Waals surface area contributed by atoms with Crippen LogP contribution in [0.1, 0.15) is 26.6 Å². The lowest BCUT2D eigenvalue weighted by Crippen LogP contribution is -2.51. The first-order chi connectivity index (χ1) is 11.0. The summed E-state index contributed by atoms with van der Waals surface area (Å²) in [7, 11) is 0. The van der Waals surface area contributed by atoms with Gasteiger partial charge in [0, 0.05) is 42.4 Å². The molecule has 5 nitrogen and oxygen atoms in total. The summed E-state index contributed by atoms with van der Waals surface area (Å²) in [5.41, 5.74) is 2.64. The Kier molecular flexibility index (Phi) is 4.52. The summed E-state index contributed by atoms with van der Waals surface area (Å²) >= 11 is 1.61. The van der Waals surface area contributed by atoms with Crippen LogP contribution in [0.2, 0.25) is 0 Å². The van der Waals surface area contributed by atoms with Gasteiger partial charge in [0.15, 0.2) is 0 Å². The minimum Gasteiger partial charge on any atom is -0.362 e. The summed E-state index contributed by atoms with van der Waals surface area (Å²) in [6.45, 7) is 6.28. The number of amides is 2. The Balaban J connectivity index is 1.57. The summed E-state index contributed by atoms with van der Waals surface area (Å²) in [5, 5.41) is 1.99. The smallest absolute Gasteiger partial charge is 0.255 e. The number of hydrogen-bond donors (Lipinski definition) is 1. The summed E-state index contributed by atoms with van der Waals surface area (Å²) < 4.78 is 0. The maximum atomic E-state index is 12.6. The van der Waals surface area contributed by atoms with Crippen LogP contribution < -0.4 is 0 Å². The number of nitrogens with zero attached hydrogens (tertiary/aromatic N) is 2. The van der Waals surface area contributed by atoms with Crippen LogP contribution in [-0.2, 0) is 11.2 Å². The fourth-order valence-electron chi connectivity index (χ4n) is 2.95. The lowest BCUT2D eigenvalue weighted by atomic mass is 10.2. The third kappa shape index (κ3) is 3.47. The van der Waals surface area contributed by atoms with Crippen molar-refractivity contribution in [2.45, 2.75) is 20.3 Å². The van der Waals surface area contributed by atoms with E-state index in [4.69, 9.17) is 0 Å². The van der Waals surface area contributed by atoms with Crippen LogP contribution in [0.5, 0.6) is 0 Å². The maximum Gasteiger partial charge on any atom is 0.255 e. The molecule has 0 radical (unpaired) electrons. The summed E-state index contributed by atoms with van der Waals surface area (Å²) in [5.74, 6) is 0.199. The minimum absolute atomic E-state index is 0.0530. The molecule has 1 saturated heterocycles. The zero-order valence-electron chi connectivity index (χ0n) is 13.5. The monoisotopic (exact) mass is 331 g/mol. The van der Waals surface area contributed by atoms with Crippen LogP contribution in [0.25, 0.3) is 0 Å². The van der Waals surface area contributed by atoms with E-state index in [1.54, 1.807) is 11.3 Å². The van der Waals surface area contributed by atoms with Crippen molar-refractivity contribution in [3.05, 3.63) is 45.4 Å². The largest absolute Gasteiger partial charge is 0.362 e. The molecule has 0 spiro atoms. The van der Waals surface area contributed by atoms with Gasteiger partial charge in [-0.15, -0.1) is 11.3 Å². The first-order valence-corrected chi connectivity index (χ1v) is 8.68. The van der Waals surface area contributed by atoms with Gasteiger partial charge in [0.1, 0.15) is 0 Å². The zero-order valence-corrected chi connectivity index (χ0v) is 14.3. The number of nitrogens with one attached hydrogen (secondary N) is 1. The molecule has 2 aromatic heterocycles. The molecule has 1 aliphatic rings. The molecule has 2 aromatic rings. The van der Waals surface area contributed by atoms with Gasteiger partial charge in [0.25, 0.3) is 5.91 Å². The molecule has 0 saturated carbocycles. The molecule has 1 fully saturated rings. The molecule has 0 aromatic carbocycles. The number of hydrogen-bond acceptors (Lipinski definition) is 3. The highest BCUT2D eigenvalue weighted by Crippen LogP contribution is 2.15. The highest BCUT2D eigenvalue weighted by Gasteiger charge is 2.26. The molecule has 3 rings (SSSR count). The van der Waals surface area contributed by atoms with Gasteiger partial charge in [-0.25, -0.2) is 0 Å². The van der Waals surface area contributed by atoms with E-state index in [1.807, 2.05) is 47.2 Å². The Labute approximate surface area is 139 Å². The van der Waals surface area contributed by atoms with E-state index in [-0.39, 0.29) is 11.8 Å². The summed E-state index contributed by atoms with van der Waals surface area (Å²) in [6, 6.07) is 5.84. The van der Waals surface area contributed by atoms with Crippen molar-refractivity contribution in [3.8, 4) is 0 Å². The first kappa shape index (κ1) is 15.8. The van der Waals surface area contributed by atoms with Gasteiger partial charge in [-0.2, -0.15) is 0 Å². The normalized spacial score (nSPS) is 15.0. The maximum absolute atomic E-state index is 12.6. The second kappa shape index (κ2) is 6.58. The molecule has 3 heterocycles. The number of aryl methyl sites for hydroxylation is 2. The van der Waals surface area contributed by atoms with Crippen molar-refractivity contribution < 1.29 is 9.59 Å². The SMILES string of the molecule is Cc1cc(C(=O)N2CCN(C(=O)Cc3cccs3)CC2)c(C)[nH]1. The van der Waals surface area contributed by atoms with Crippen molar-refractivity contribution in [1.82, 2.24) is 14.8 Å². The molecular weight excluding hydrogens is 310 g/mol. The quantitative estimate of drug-likeness (QED) is 0.937. The second-order valence-corrected chi connectivity index (χ2v) is 6.95. The third-order valence-corrected chi connectivity index (χ3v) is 5.08. The first-order valence-electron chi connectivity index (χ1n) is 7.80. The Morgan fingerprint density at radius 1 is 1.17 bits per heavy atom. The molecule has 2 amide bonds. The molecule has 0 atom stereocenters. The number of H-pyrrole nitrogens is 1. The second-order valence-electron chi connectivity index (χ2n) is 5.92. The van der Waals surface area contributed by atoms with Crippen LogP contribution in [0.15, 0.2) is 23.6 Å². The number of aromatic nitrogens is 1. The van der Waals surface area contributed by atoms with Crippen LogP contribution >= 0.6 is 11.3 Å². The third-order valence-electron chi connectivity index (χ3n) is 4.21. The van der Waals surface area contributed by atoms with E-state index in [0.29, 0.717) is 32.6 Å².